The summed E-state index contributed by atoms with van der Waals surface area (Å²) in [6.45, 7) is 2.31. The lowest BCUT2D eigenvalue weighted by molar-refractivity contribution is 0.0788. The van der Waals surface area contributed by atoms with Crippen molar-refractivity contribution in [3.63, 3.8) is 0 Å². The summed E-state index contributed by atoms with van der Waals surface area (Å²) in [6, 6.07) is 5.21. The predicted molar refractivity (Wildman–Crippen MR) is 69.9 cm³/mol. The average Bonchev–Trinajstić information content (AvgIpc) is 2.64. The van der Waals surface area contributed by atoms with Gasteiger partial charge >= 0.3 is 0 Å². The molecule has 0 spiro atoms. The standard InChI is InChI=1S/C12H16N2O3S/c1-2-18(16,17)6-5-14-8-9-3-4-10(13)7-11(9)12(14)15/h3-4,7H,2,5-6,8,13H2,1H3. The van der Waals surface area contributed by atoms with E-state index in [-0.39, 0.29) is 24.0 Å². The number of hydrogen-bond acceptors (Lipinski definition) is 4. The van der Waals surface area contributed by atoms with Gasteiger partial charge in [-0.3, -0.25) is 4.79 Å². The summed E-state index contributed by atoms with van der Waals surface area (Å²) in [5.74, 6) is -0.0169. The first-order valence-corrected chi connectivity index (χ1v) is 7.63. The molecule has 0 atom stereocenters. The van der Waals surface area contributed by atoms with Gasteiger partial charge in [-0.15, -0.1) is 0 Å². The van der Waals surface area contributed by atoms with Gasteiger partial charge in [0.15, 0.2) is 9.84 Å². The van der Waals surface area contributed by atoms with Crippen molar-refractivity contribution in [2.75, 3.05) is 23.8 Å². The highest BCUT2D eigenvalue weighted by molar-refractivity contribution is 7.91. The van der Waals surface area contributed by atoms with Crippen LogP contribution in [-0.4, -0.2) is 37.3 Å². The van der Waals surface area contributed by atoms with Crippen LogP contribution in [0.25, 0.3) is 0 Å². The van der Waals surface area contributed by atoms with Crippen molar-refractivity contribution in [1.29, 1.82) is 0 Å². The van der Waals surface area contributed by atoms with Crippen LogP contribution < -0.4 is 5.73 Å². The molecular formula is C12H16N2O3S. The van der Waals surface area contributed by atoms with Gasteiger partial charge in [0.25, 0.3) is 5.91 Å². The number of carbonyl (C=O) groups is 1. The molecule has 1 aliphatic rings. The molecule has 0 aromatic heterocycles. The van der Waals surface area contributed by atoms with Crippen LogP contribution in [-0.2, 0) is 16.4 Å². The highest BCUT2D eigenvalue weighted by Gasteiger charge is 2.27. The number of sulfone groups is 1. The fourth-order valence-corrected chi connectivity index (χ4v) is 2.74. The van der Waals surface area contributed by atoms with Crippen molar-refractivity contribution in [1.82, 2.24) is 4.90 Å². The Bertz CT molecular complexity index is 581. The molecule has 5 nitrogen and oxygen atoms in total. The number of benzene rings is 1. The average molecular weight is 268 g/mol. The molecule has 1 aromatic carbocycles. The Morgan fingerprint density at radius 2 is 2.11 bits per heavy atom. The van der Waals surface area contributed by atoms with Crippen molar-refractivity contribution in [2.45, 2.75) is 13.5 Å². The van der Waals surface area contributed by atoms with E-state index in [1.165, 1.54) is 0 Å². The number of nitrogens with zero attached hydrogens (tertiary/aromatic N) is 1. The molecule has 6 heteroatoms. The fourth-order valence-electron chi connectivity index (χ4n) is 1.95. The van der Waals surface area contributed by atoms with E-state index >= 15 is 0 Å². The molecule has 0 saturated heterocycles. The fraction of sp³-hybridized carbons (Fsp3) is 0.417. The second-order valence-corrected chi connectivity index (χ2v) is 6.85. The van der Waals surface area contributed by atoms with Crippen molar-refractivity contribution in [2.24, 2.45) is 0 Å². The maximum Gasteiger partial charge on any atom is 0.254 e. The summed E-state index contributed by atoms with van der Waals surface area (Å²) in [4.78, 5) is 13.6. The monoisotopic (exact) mass is 268 g/mol. The molecule has 0 radical (unpaired) electrons. The van der Waals surface area contributed by atoms with Gasteiger partial charge in [0.2, 0.25) is 0 Å². The van der Waals surface area contributed by atoms with E-state index in [0.29, 0.717) is 17.8 Å². The first kappa shape index (κ1) is 12.9. The number of nitrogens with two attached hydrogens (primary N) is 1. The number of hydrogen-bond donors (Lipinski definition) is 1. The van der Waals surface area contributed by atoms with E-state index in [9.17, 15) is 13.2 Å². The second-order valence-electron chi connectivity index (χ2n) is 4.38. The lowest BCUT2D eigenvalue weighted by Crippen LogP contribution is -2.30. The predicted octanol–water partition coefficient (Wildman–Crippen LogP) is 0.659. The number of carbonyl (C=O) groups excluding carboxylic acids is 1. The molecule has 0 fully saturated rings. The van der Waals surface area contributed by atoms with Gasteiger partial charge in [0.1, 0.15) is 0 Å². The van der Waals surface area contributed by atoms with Crippen molar-refractivity contribution < 1.29 is 13.2 Å². The molecule has 0 aliphatic carbocycles. The minimum atomic E-state index is -3.04. The zero-order chi connectivity index (χ0) is 13.3. The molecule has 1 aromatic rings. The van der Waals surface area contributed by atoms with Gasteiger partial charge in [0, 0.05) is 30.1 Å². The lowest BCUT2D eigenvalue weighted by atomic mass is 10.1. The van der Waals surface area contributed by atoms with Gasteiger partial charge in [-0.2, -0.15) is 0 Å². The Morgan fingerprint density at radius 1 is 1.39 bits per heavy atom. The third-order valence-electron chi connectivity index (χ3n) is 3.12. The number of rotatable bonds is 4. The van der Waals surface area contributed by atoms with Gasteiger partial charge in [-0.25, -0.2) is 8.42 Å². The van der Waals surface area contributed by atoms with E-state index in [1.54, 1.807) is 24.0 Å². The van der Waals surface area contributed by atoms with Crippen molar-refractivity contribution in [3.8, 4) is 0 Å². The summed E-state index contributed by atoms with van der Waals surface area (Å²) in [7, 11) is -3.04. The Labute approximate surface area is 107 Å². The van der Waals surface area contributed by atoms with E-state index < -0.39 is 9.84 Å². The molecular weight excluding hydrogens is 252 g/mol. The summed E-state index contributed by atoms with van der Waals surface area (Å²) in [5.41, 5.74) is 7.68. The molecule has 2 N–H and O–H groups in total. The minimum absolute atomic E-state index is 0.0126. The van der Waals surface area contributed by atoms with Crippen LogP contribution in [0.3, 0.4) is 0 Å². The van der Waals surface area contributed by atoms with E-state index in [1.807, 2.05) is 6.07 Å². The molecule has 0 bridgehead atoms. The van der Waals surface area contributed by atoms with Gasteiger partial charge in [-0.05, 0) is 17.7 Å². The van der Waals surface area contributed by atoms with Crippen LogP contribution >= 0.6 is 0 Å². The summed E-state index contributed by atoms with van der Waals surface area (Å²) >= 11 is 0. The Kier molecular flexibility index (Phi) is 3.30. The third-order valence-corrected chi connectivity index (χ3v) is 4.81. The van der Waals surface area contributed by atoms with Crippen LogP contribution in [0.2, 0.25) is 0 Å². The molecule has 1 heterocycles. The first-order valence-electron chi connectivity index (χ1n) is 5.81. The highest BCUT2D eigenvalue weighted by atomic mass is 32.2. The molecule has 2 rings (SSSR count). The van der Waals surface area contributed by atoms with Crippen LogP contribution in [0, 0.1) is 0 Å². The largest absolute Gasteiger partial charge is 0.399 e. The molecule has 18 heavy (non-hydrogen) atoms. The van der Waals surface area contributed by atoms with Crippen molar-refractivity contribution >= 4 is 21.4 Å². The molecule has 0 unspecified atom stereocenters. The van der Waals surface area contributed by atoms with Crippen LogP contribution in [0.15, 0.2) is 18.2 Å². The number of fused-ring (bicyclic) bond motifs is 1. The topological polar surface area (TPSA) is 80.5 Å². The smallest absolute Gasteiger partial charge is 0.254 e. The Hall–Kier alpha value is -1.56. The van der Waals surface area contributed by atoms with Gasteiger partial charge < -0.3 is 10.6 Å². The first-order chi connectivity index (χ1) is 8.43. The minimum Gasteiger partial charge on any atom is -0.399 e. The Balaban J connectivity index is 2.10. The molecule has 98 valence electrons. The zero-order valence-electron chi connectivity index (χ0n) is 10.2. The van der Waals surface area contributed by atoms with Gasteiger partial charge in [0.05, 0.1) is 5.75 Å². The van der Waals surface area contributed by atoms with E-state index in [4.69, 9.17) is 5.73 Å². The lowest BCUT2D eigenvalue weighted by Gasteiger charge is -2.14. The maximum atomic E-state index is 12.0. The Morgan fingerprint density at radius 3 is 2.78 bits per heavy atom. The van der Waals surface area contributed by atoms with Crippen molar-refractivity contribution in [3.05, 3.63) is 29.3 Å². The molecule has 1 amide bonds. The number of nitrogen functional groups attached to an aromatic ring is 1. The summed E-state index contributed by atoms with van der Waals surface area (Å²) < 4.78 is 22.9. The normalized spacial score (nSPS) is 14.9. The molecule has 0 saturated carbocycles. The molecule has 1 aliphatic heterocycles. The SMILES string of the molecule is CCS(=O)(=O)CCN1Cc2ccc(N)cc2C1=O. The summed E-state index contributed by atoms with van der Waals surface area (Å²) in [5, 5.41) is 0. The van der Waals surface area contributed by atoms with E-state index in [0.717, 1.165) is 5.56 Å². The van der Waals surface area contributed by atoms with Gasteiger partial charge in [-0.1, -0.05) is 13.0 Å². The van der Waals surface area contributed by atoms with Crippen LogP contribution in [0.4, 0.5) is 5.69 Å². The highest BCUT2D eigenvalue weighted by Crippen LogP contribution is 2.24. The van der Waals surface area contributed by atoms with Crippen LogP contribution in [0.5, 0.6) is 0 Å². The number of anilines is 1. The summed E-state index contributed by atoms with van der Waals surface area (Å²) in [6.07, 6.45) is 0. The quantitative estimate of drug-likeness (QED) is 0.813. The van der Waals surface area contributed by atoms with Crippen LogP contribution in [0.1, 0.15) is 22.8 Å². The third kappa shape index (κ3) is 2.48. The maximum absolute atomic E-state index is 12.0. The second kappa shape index (κ2) is 4.61. The number of amides is 1. The zero-order valence-corrected chi connectivity index (χ0v) is 11.0. The van der Waals surface area contributed by atoms with E-state index in [2.05, 4.69) is 0 Å².